The van der Waals surface area contributed by atoms with E-state index in [9.17, 15) is 18.8 Å². The Balaban J connectivity index is 1.57. The molecule has 1 atom stereocenters. The van der Waals surface area contributed by atoms with Crippen LogP contribution in [0.15, 0.2) is 72.1 Å². The number of hydrogen-bond acceptors (Lipinski definition) is 6. The number of esters is 1. The smallest absolute Gasteiger partial charge is 0.343 e. The summed E-state index contributed by atoms with van der Waals surface area (Å²) < 4.78 is 44.0. The van der Waals surface area contributed by atoms with E-state index in [2.05, 4.69) is 6.92 Å². The van der Waals surface area contributed by atoms with E-state index >= 15 is 0 Å². The third-order valence-electron chi connectivity index (χ3n) is 5.53. The molecule has 4 rings (SSSR count). The number of rotatable bonds is 7. The topological polar surface area (TPSA) is 94.6 Å². The van der Waals surface area contributed by atoms with Crippen LogP contribution in [0.3, 0.4) is 0 Å². The van der Waals surface area contributed by atoms with E-state index in [-0.39, 0.29) is 23.0 Å². The predicted octanol–water partition coefficient (Wildman–Crippen LogP) is 5.58. The van der Waals surface area contributed by atoms with Gasteiger partial charge in [-0.2, -0.15) is 5.26 Å². The van der Waals surface area contributed by atoms with E-state index in [1.807, 2.05) is 6.07 Å². The summed E-state index contributed by atoms with van der Waals surface area (Å²) in [6, 6.07) is 16.6. The first kappa shape index (κ1) is 23.8. The maximum absolute atomic E-state index is 13.9. The van der Waals surface area contributed by atoms with Gasteiger partial charge in [-0.15, -0.1) is 0 Å². The number of nitrogens with zero attached hydrogens (tertiary/aromatic N) is 1. The highest BCUT2D eigenvalue weighted by Gasteiger charge is 2.31. The molecule has 0 saturated heterocycles. The zero-order valence-electron chi connectivity index (χ0n) is 18.9. The lowest BCUT2D eigenvalue weighted by atomic mass is 9.83. The van der Waals surface area contributed by atoms with E-state index < -0.39 is 23.5 Å². The van der Waals surface area contributed by atoms with E-state index in [0.29, 0.717) is 29.0 Å². The van der Waals surface area contributed by atoms with Crippen LogP contribution in [0, 0.1) is 23.0 Å². The summed E-state index contributed by atoms with van der Waals surface area (Å²) in [6.45, 7) is 2.68. The summed E-state index contributed by atoms with van der Waals surface area (Å²) in [5.41, 5.74) is 7.17. The predicted molar refractivity (Wildman–Crippen MR) is 124 cm³/mol. The average molecular weight is 476 g/mol. The largest absolute Gasteiger partial charge is 0.494 e. The van der Waals surface area contributed by atoms with Crippen molar-refractivity contribution in [3.63, 3.8) is 0 Å². The van der Waals surface area contributed by atoms with Gasteiger partial charge in [0, 0.05) is 11.6 Å². The minimum absolute atomic E-state index is 0.0644. The molecule has 3 aromatic carbocycles. The van der Waals surface area contributed by atoms with Gasteiger partial charge in [0.1, 0.15) is 28.9 Å². The number of nitrogens with two attached hydrogens (primary N) is 1. The fourth-order valence-corrected chi connectivity index (χ4v) is 3.72. The third-order valence-corrected chi connectivity index (χ3v) is 5.53. The molecule has 0 radical (unpaired) electrons. The Bertz CT molecular complexity index is 1330. The molecule has 0 aliphatic carbocycles. The molecule has 0 spiro atoms. The van der Waals surface area contributed by atoms with Crippen molar-refractivity contribution in [2.24, 2.45) is 5.73 Å². The molecule has 1 unspecified atom stereocenters. The van der Waals surface area contributed by atoms with Crippen molar-refractivity contribution in [1.29, 1.82) is 5.26 Å². The first-order valence-electron chi connectivity index (χ1n) is 11.0. The number of benzene rings is 3. The molecule has 2 N–H and O–H groups in total. The summed E-state index contributed by atoms with van der Waals surface area (Å²) in [7, 11) is 0. The van der Waals surface area contributed by atoms with Crippen molar-refractivity contribution in [2.45, 2.75) is 25.7 Å². The van der Waals surface area contributed by atoms with Crippen molar-refractivity contribution < 1.29 is 27.8 Å². The van der Waals surface area contributed by atoms with Crippen LogP contribution in [-0.4, -0.2) is 12.6 Å². The molecule has 1 aliphatic heterocycles. The maximum atomic E-state index is 13.9. The van der Waals surface area contributed by atoms with Crippen molar-refractivity contribution in [3.05, 3.63) is 100 Å². The summed E-state index contributed by atoms with van der Waals surface area (Å²) in [6.07, 6.45) is 1.96. The van der Waals surface area contributed by atoms with Crippen LogP contribution in [0.4, 0.5) is 8.78 Å². The van der Waals surface area contributed by atoms with E-state index in [1.54, 1.807) is 30.3 Å². The Morgan fingerprint density at radius 3 is 2.49 bits per heavy atom. The Morgan fingerprint density at radius 2 is 1.80 bits per heavy atom. The molecule has 0 fully saturated rings. The number of ether oxygens (including phenoxy) is 3. The second-order valence-corrected chi connectivity index (χ2v) is 7.91. The molecule has 6 nitrogen and oxygen atoms in total. The molecule has 35 heavy (non-hydrogen) atoms. The monoisotopic (exact) mass is 476 g/mol. The van der Waals surface area contributed by atoms with Crippen molar-refractivity contribution >= 4 is 5.97 Å². The molecule has 178 valence electrons. The summed E-state index contributed by atoms with van der Waals surface area (Å²) >= 11 is 0. The maximum Gasteiger partial charge on any atom is 0.343 e. The average Bonchev–Trinajstić information content (AvgIpc) is 2.85. The van der Waals surface area contributed by atoms with Crippen molar-refractivity contribution in [3.8, 4) is 23.3 Å². The van der Waals surface area contributed by atoms with Gasteiger partial charge in [0.15, 0.2) is 11.6 Å². The fourth-order valence-electron chi connectivity index (χ4n) is 3.72. The lowest BCUT2D eigenvalue weighted by Gasteiger charge is -2.26. The zero-order valence-corrected chi connectivity index (χ0v) is 18.9. The van der Waals surface area contributed by atoms with Gasteiger partial charge in [-0.3, -0.25) is 0 Å². The molecule has 1 heterocycles. The molecule has 0 aromatic heterocycles. The molecule has 0 saturated carbocycles. The molecule has 0 bridgehead atoms. The quantitative estimate of drug-likeness (QED) is 0.272. The van der Waals surface area contributed by atoms with Gasteiger partial charge in [0.05, 0.1) is 18.1 Å². The number of nitriles is 1. The molecule has 8 heteroatoms. The second kappa shape index (κ2) is 10.3. The number of carbonyl (C=O) groups excluding carboxylic acids is 1. The minimum Gasteiger partial charge on any atom is -0.494 e. The van der Waals surface area contributed by atoms with Gasteiger partial charge in [-0.1, -0.05) is 25.5 Å². The second-order valence-electron chi connectivity index (χ2n) is 7.91. The van der Waals surface area contributed by atoms with Gasteiger partial charge in [0.25, 0.3) is 0 Å². The number of halogens is 2. The number of carbonyl (C=O) groups is 1. The number of hydrogen-bond donors (Lipinski definition) is 1. The minimum atomic E-state index is -1.04. The Morgan fingerprint density at radius 1 is 1.06 bits per heavy atom. The molecule has 0 amide bonds. The first-order chi connectivity index (χ1) is 16.9. The van der Waals surface area contributed by atoms with Gasteiger partial charge in [-0.05, 0) is 54.4 Å². The highest BCUT2D eigenvalue weighted by molar-refractivity contribution is 5.91. The standard InChI is InChI=1S/C27H22F2N2O4/c1-2-3-12-33-18-7-4-16(5-8-18)27(32)34-19-9-10-20-24(14-19)35-26(31)21(15-30)25(20)17-6-11-22(28)23(29)13-17/h4-11,13-14,25H,2-3,12,31H2,1H3. The lowest BCUT2D eigenvalue weighted by molar-refractivity contribution is 0.0734. The van der Waals surface area contributed by atoms with E-state index in [1.165, 1.54) is 18.2 Å². The van der Waals surface area contributed by atoms with Crippen LogP contribution in [-0.2, 0) is 0 Å². The fraction of sp³-hybridized carbons (Fsp3) is 0.185. The van der Waals surface area contributed by atoms with Crippen LogP contribution >= 0.6 is 0 Å². The zero-order chi connectivity index (χ0) is 24.9. The van der Waals surface area contributed by atoms with Gasteiger partial charge in [-0.25, -0.2) is 13.6 Å². The van der Waals surface area contributed by atoms with Crippen molar-refractivity contribution in [1.82, 2.24) is 0 Å². The Labute approximate surface area is 201 Å². The van der Waals surface area contributed by atoms with Gasteiger partial charge >= 0.3 is 5.97 Å². The number of allylic oxidation sites excluding steroid dienone is 1. The third kappa shape index (κ3) is 5.09. The lowest BCUT2D eigenvalue weighted by Crippen LogP contribution is -2.21. The van der Waals surface area contributed by atoms with Crippen molar-refractivity contribution in [2.75, 3.05) is 6.61 Å². The van der Waals surface area contributed by atoms with E-state index in [4.69, 9.17) is 19.9 Å². The van der Waals surface area contributed by atoms with Crippen LogP contribution in [0.5, 0.6) is 17.2 Å². The van der Waals surface area contributed by atoms with Crippen LogP contribution in [0.1, 0.15) is 47.2 Å². The first-order valence-corrected chi connectivity index (χ1v) is 11.0. The summed E-state index contributed by atoms with van der Waals surface area (Å²) in [5.74, 6) is -2.48. The molecule has 3 aromatic rings. The van der Waals surface area contributed by atoms with Crippen LogP contribution in [0.2, 0.25) is 0 Å². The Kier molecular flexibility index (Phi) is 6.97. The highest BCUT2D eigenvalue weighted by atomic mass is 19.2. The number of fused-ring (bicyclic) bond motifs is 1. The normalized spacial score (nSPS) is 14.5. The van der Waals surface area contributed by atoms with Crippen LogP contribution in [0.25, 0.3) is 0 Å². The summed E-state index contributed by atoms with van der Waals surface area (Å²) in [5, 5.41) is 9.61. The van der Waals surface area contributed by atoms with E-state index in [0.717, 1.165) is 25.0 Å². The highest BCUT2D eigenvalue weighted by Crippen LogP contribution is 2.43. The SMILES string of the molecule is CCCCOc1ccc(C(=O)Oc2ccc3c(c2)OC(N)=C(C#N)C3c2ccc(F)c(F)c2)cc1. The van der Waals surface area contributed by atoms with Gasteiger partial charge < -0.3 is 19.9 Å². The van der Waals surface area contributed by atoms with Gasteiger partial charge in [0.2, 0.25) is 5.88 Å². The number of unbranched alkanes of at least 4 members (excludes halogenated alkanes) is 1. The molecular weight excluding hydrogens is 454 g/mol. The summed E-state index contributed by atoms with van der Waals surface area (Å²) in [4.78, 5) is 12.6. The molecular formula is C27H22F2N2O4. The Hall–Kier alpha value is -4.38. The van der Waals surface area contributed by atoms with Crippen LogP contribution < -0.4 is 19.9 Å². The molecule has 1 aliphatic rings.